The summed E-state index contributed by atoms with van der Waals surface area (Å²) in [6.07, 6.45) is 10.5. The number of pyridine rings is 1. The van der Waals surface area contributed by atoms with Crippen LogP contribution in [0.1, 0.15) is 41.2 Å². The second kappa shape index (κ2) is 10.4. The number of ether oxygens (including phenoxy) is 1. The molecular weight excluding hydrogens is 464 g/mol. The van der Waals surface area contributed by atoms with E-state index in [0.29, 0.717) is 34.3 Å². The van der Waals surface area contributed by atoms with Crippen molar-refractivity contribution in [2.45, 2.75) is 25.3 Å². The zero-order chi connectivity index (χ0) is 24.2. The van der Waals surface area contributed by atoms with Crippen LogP contribution >= 0.6 is 11.6 Å². The van der Waals surface area contributed by atoms with E-state index in [2.05, 4.69) is 25.2 Å². The number of amides is 1. The summed E-state index contributed by atoms with van der Waals surface area (Å²) in [6.45, 7) is 2.43. The van der Waals surface area contributed by atoms with Crippen LogP contribution in [0.4, 0.5) is 0 Å². The minimum atomic E-state index is -0.193. The number of likely N-dealkylation sites (tertiary alicyclic amines) is 1. The van der Waals surface area contributed by atoms with Crippen molar-refractivity contribution in [3.05, 3.63) is 77.3 Å². The number of fused-ring (bicyclic) bond motifs is 1. The summed E-state index contributed by atoms with van der Waals surface area (Å²) in [5.41, 5.74) is 2.32. The average molecular weight is 491 g/mol. The summed E-state index contributed by atoms with van der Waals surface area (Å²) in [5, 5.41) is 4.34. The lowest BCUT2D eigenvalue weighted by Gasteiger charge is -2.34. The van der Waals surface area contributed by atoms with E-state index in [9.17, 15) is 4.79 Å². The molecule has 1 saturated heterocycles. The first kappa shape index (κ1) is 23.3. The minimum absolute atomic E-state index is 0.0129. The Kier molecular flexibility index (Phi) is 6.92. The van der Waals surface area contributed by atoms with Gasteiger partial charge in [-0.05, 0) is 49.7 Å². The van der Waals surface area contributed by atoms with E-state index in [0.717, 1.165) is 37.0 Å². The SMILES string of the molecule is COc1ccc(C(CNC(=O)c2cn(-c3ncccn3)c3cccc(Cl)c23)N2CCCCC2)cn1. The smallest absolute Gasteiger partial charge is 0.253 e. The fourth-order valence-electron chi connectivity index (χ4n) is 4.68. The number of piperidine rings is 1. The van der Waals surface area contributed by atoms with Crippen LogP contribution in [-0.4, -0.2) is 57.1 Å². The molecule has 4 heterocycles. The van der Waals surface area contributed by atoms with Crippen LogP contribution in [-0.2, 0) is 0 Å². The third-order valence-corrected chi connectivity index (χ3v) is 6.75. The van der Waals surface area contributed by atoms with E-state index in [1.54, 1.807) is 42.4 Å². The number of carbonyl (C=O) groups excluding carboxylic acids is 1. The maximum Gasteiger partial charge on any atom is 0.253 e. The van der Waals surface area contributed by atoms with Crippen LogP contribution in [0.3, 0.4) is 0 Å². The van der Waals surface area contributed by atoms with Gasteiger partial charge in [0.1, 0.15) is 0 Å². The van der Waals surface area contributed by atoms with Crippen LogP contribution in [0.5, 0.6) is 5.88 Å². The summed E-state index contributed by atoms with van der Waals surface area (Å²) in [4.78, 5) is 29.0. The largest absolute Gasteiger partial charge is 0.481 e. The first-order chi connectivity index (χ1) is 17.2. The Morgan fingerprint density at radius 2 is 1.89 bits per heavy atom. The lowest BCUT2D eigenvalue weighted by atomic mass is 10.0. The molecule has 8 nitrogen and oxygen atoms in total. The highest BCUT2D eigenvalue weighted by molar-refractivity contribution is 6.37. The molecule has 35 heavy (non-hydrogen) atoms. The van der Waals surface area contributed by atoms with Gasteiger partial charge in [0, 0.05) is 42.8 Å². The fraction of sp³-hybridized carbons (Fsp3) is 0.308. The standard InChI is InChI=1S/C26H27ClN6O2/c1-35-23-10-9-18(15-30-23)22(32-13-3-2-4-14-32)16-31-25(34)19-17-33(26-28-11-6-12-29-26)21-8-5-7-20(27)24(19)21/h5-12,15,17,22H,2-4,13-14,16H2,1H3,(H,31,34). The van der Waals surface area contributed by atoms with Gasteiger partial charge in [0.25, 0.3) is 5.91 Å². The Labute approximate surface area is 208 Å². The molecule has 0 bridgehead atoms. The van der Waals surface area contributed by atoms with Gasteiger partial charge in [-0.1, -0.05) is 30.2 Å². The molecule has 9 heteroatoms. The van der Waals surface area contributed by atoms with Gasteiger partial charge in [0.15, 0.2) is 0 Å². The predicted molar refractivity (Wildman–Crippen MR) is 135 cm³/mol. The van der Waals surface area contributed by atoms with Gasteiger partial charge in [0.2, 0.25) is 11.8 Å². The lowest BCUT2D eigenvalue weighted by Crippen LogP contribution is -2.40. The van der Waals surface area contributed by atoms with Crippen molar-refractivity contribution in [3.8, 4) is 11.8 Å². The van der Waals surface area contributed by atoms with E-state index in [-0.39, 0.29) is 11.9 Å². The van der Waals surface area contributed by atoms with Crippen LogP contribution in [0, 0.1) is 0 Å². The monoisotopic (exact) mass is 490 g/mol. The number of halogens is 1. The van der Waals surface area contributed by atoms with Crippen LogP contribution < -0.4 is 10.1 Å². The van der Waals surface area contributed by atoms with Crippen molar-refractivity contribution >= 4 is 28.4 Å². The number of carbonyl (C=O) groups is 1. The molecule has 1 aliphatic rings. The quantitative estimate of drug-likeness (QED) is 0.412. The topological polar surface area (TPSA) is 85.2 Å². The predicted octanol–water partition coefficient (Wildman–Crippen LogP) is 4.43. The molecule has 1 N–H and O–H groups in total. The molecule has 4 aromatic rings. The second-order valence-corrected chi connectivity index (χ2v) is 8.96. The summed E-state index contributed by atoms with van der Waals surface area (Å²) in [5.74, 6) is 0.858. The average Bonchev–Trinajstić information content (AvgIpc) is 3.31. The number of hydrogen-bond donors (Lipinski definition) is 1. The zero-order valence-electron chi connectivity index (χ0n) is 19.5. The molecule has 0 radical (unpaired) electrons. The lowest BCUT2D eigenvalue weighted by molar-refractivity contribution is 0.0925. The van der Waals surface area contributed by atoms with Gasteiger partial charge in [-0.25, -0.2) is 15.0 Å². The van der Waals surface area contributed by atoms with Crippen LogP contribution in [0.2, 0.25) is 5.02 Å². The molecule has 5 rings (SSSR count). The third-order valence-electron chi connectivity index (χ3n) is 6.43. The third kappa shape index (κ3) is 4.85. The summed E-state index contributed by atoms with van der Waals surface area (Å²) in [7, 11) is 1.60. The van der Waals surface area contributed by atoms with Gasteiger partial charge >= 0.3 is 0 Å². The van der Waals surface area contributed by atoms with Crippen molar-refractivity contribution < 1.29 is 9.53 Å². The second-order valence-electron chi connectivity index (χ2n) is 8.55. The van der Waals surface area contributed by atoms with Gasteiger partial charge in [-0.15, -0.1) is 0 Å². The summed E-state index contributed by atoms with van der Waals surface area (Å²) < 4.78 is 7.02. The number of methoxy groups -OCH3 is 1. The van der Waals surface area contributed by atoms with Crippen LogP contribution in [0.25, 0.3) is 16.9 Å². The molecule has 1 atom stereocenters. The molecule has 1 aliphatic heterocycles. The number of nitrogens with one attached hydrogen (secondary N) is 1. The molecule has 0 aliphatic carbocycles. The Morgan fingerprint density at radius 1 is 1.09 bits per heavy atom. The number of aromatic nitrogens is 4. The van der Waals surface area contributed by atoms with E-state index in [1.165, 1.54) is 6.42 Å². The Hall–Kier alpha value is -3.49. The Balaban J connectivity index is 1.44. The molecule has 0 spiro atoms. The van der Waals surface area contributed by atoms with Crippen molar-refractivity contribution in [1.82, 2.24) is 29.7 Å². The van der Waals surface area contributed by atoms with E-state index >= 15 is 0 Å². The maximum absolute atomic E-state index is 13.5. The first-order valence-electron chi connectivity index (χ1n) is 11.7. The molecule has 1 aromatic carbocycles. The van der Waals surface area contributed by atoms with E-state index in [1.807, 2.05) is 30.5 Å². The fourth-order valence-corrected chi connectivity index (χ4v) is 4.95. The number of hydrogen-bond acceptors (Lipinski definition) is 6. The van der Waals surface area contributed by atoms with E-state index in [4.69, 9.17) is 16.3 Å². The highest BCUT2D eigenvalue weighted by Gasteiger charge is 2.25. The minimum Gasteiger partial charge on any atom is -0.481 e. The van der Waals surface area contributed by atoms with Crippen molar-refractivity contribution in [2.75, 3.05) is 26.7 Å². The molecule has 3 aromatic heterocycles. The van der Waals surface area contributed by atoms with Crippen molar-refractivity contribution in [1.29, 1.82) is 0 Å². The van der Waals surface area contributed by atoms with Gasteiger partial charge in [-0.3, -0.25) is 14.3 Å². The molecule has 1 unspecified atom stereocenters. The van der Waals surface area contributed by atoms with Gasteiger partial charge in [-0.2, -0.15) is 0 Å². The van der Waals surface area contributed by atoms with Gasteiger partial charge in [0.05, 0.1) is 29.3 Å². The van der Waals surface area contributed by atoms with Crippen molar-refractivity contribution in [3.63, 3.8) is 0 Å². The molecule has 0 saturated carbocycles. The zero-order valence-corrected chi connectivity index (χ0v) is 20.3. The number of rotatable bonds is 7. The van der Waals surface area contributed by atoms with Gasteiger partial charge < -0.3 is 10.1 Å². The summed E-state index contributed by atoms with van der Waals surface area (Å²) >= 11 is 6.55. The first-order valence-corrected chi connectivity index (χ1v) is 12.1. The highest BCUT2D eigenvalue weighted by atomic mass is 35.5. The van der Waals surface area contributed by atoms with Crippen molar-refractivity contribution in [2.24, 2.45) is 0 Å². The Morgan fingerprint density at radius 3 is 2.60 bits per heavy atom. The molecule has 180 valence electrons. The molecular formula is C26H27ClN6O2. The number of nitrogens with zero attached hydrogens (tertiary/aromatic N) is 5. The molecule has 1 fully saturated rings. The maximum atomic E-state index is 13.5. The number of benzene rings is 1. The highest BCUT2D eigenvalue weighted by Crippen LogP contribution is 2.31. The normalized spacial score (nSPS) is 15.1. The Bertz CT molecular complexity index is 1300. The van der Waals surface area contributed by atoms with E-state index < -0.39 is 0 Å². The molecule has 1 amide bonds. The van der Waals surface area contributed by atoms with Crippen LogP contribution in [0.15, 0.2) is 61.2 Å². The summed E-state index contributed by atoms with van der Waals surface area (Å²) in [6, 6.07) is 11.2.